The Balaban J connectivity index is 1.70. The standard InChI is InChI=1S/C34H48F2N4O4/c1-4-13-40(14-5-2)34(44)27-16-23(3)15-26(20-27)33(43)39-30(19-25-17-28(35)21-29(36)18-25)31(41)10-12-38-32(42)9-8-24-7-6-11-37-22-24/h15-18,20-21,24,30-31,37,41H,4-14,19,22H2,1-3H3,(H,38,42)(H,39,43)/t24?,30-,31-/m0/s1. The summed E-state index contributed by atoms with van der Waals surface area (Å²) in [6.45, 7) is 9.13. The van der Waals surface area contributed by atoms with Crippen molar-refractivity contribution in [3.63, 3.8) is 0 Å². The maximum atomic E-state index is 14.0. The van der Waals surface area contributed by atoms with Crippen LogP contribution in [0, 0.1) is 24.5 Å². The summed E-state index contributed by atoms with van der Waals surface area (Å²) in [5.74, 6) is -1.82. The predicted molar refractivity (Wildman–Crippen MR) is 167 cm³/mol. The van der Waals surface area contributed by atoms with Crippen LogP contribution in [0.4, 0.5) is 8.78 Å². The fraction of sp³-hybridized carbons (Fsp3) is 0.559. The second-order valence-electron chi connectivity index (χ2n) is 11.9. The van der Waals surface area contributed by atoms with E-state index in [-0.39, 0.29) is 42.3 Å². The molecule has 0 aliphatic carbocycles. The number of amides is 3. The highest BCUT2D eigenvalue weighted by atomic mass is 19.1. The minimum Gasteiger partial charge on any atom is -0.391 e. The van der Waals surface area contributed by atoms with Crippen LogP contribution in [0.3, 0.4) is 0 Å². The molecule has 3 atom stereocenters. The van der Waals surface area contributed by atoms with Crippen LogP contribution in [-0.4, -0.2) is 72.6 Å². The minimum absolute atomic E-state index is 0.0391. The quantitative estimate of drug-likeness (QED) is 0.222. The smallest absolute Gasteiger partial charge is 0.253 e. The molecule has 0 aromatic heterocycles. The van der Waals surface area contributed by atoms with Crippen LogP contribution in [0.25, 0.3) is 0 Å². The zero-order valence-electron chi connectivity index (χ0n) is 26.3. The average molecular weight is 615 g/mol. The molecule has 1 aliphatic heterocycles. The van der Waals surface area contributed by atoms with E-state index >= 15 is 0 Å². The topological polar surface area (TPSA) is 111 Å². The van der Waals surface area contributed by atoms with Crippen LogP contribution in [0.15, 0.2) is 36.4 Å². The van der Waals surface area contributed by atoms with Crippen LogP contribution in [-0.2, 0) is 11.2 Å². The van der Waals surface area contributed by atoms with Gasteiger partial charge in [0, 0.05) is 43.2 Å². The van der Waals surface area contributed by atoms with Gasteiger partial charge in [-0.2, -0.15) is 0 Å². The zero-order valence-corrected chi connectivity index (χ0v) is 26.3. The van der Waals surface area contributed by atoms with Crippen molar-refractivity contribution < 1.29 is 28.3 Å². The first-order valence-corrected chi connectivity index (χ1v) is 15.9. The van der Waals surface area contributed by atoms with E-state index in [1.165, 1.54) is 6.07 Å². The largest absolute Gasteiger partial charge is 0.391 e. The number of nitrogens with one attached hydrogen (secondary N) is 3. The van der Waals surface area contributed by atoms with Gasteiger partial charge in [-0.1, -0.05) is 13.8 Å². The maximum Gasteiger partial charge on any atom is 0.253 e. The molecule has 2 aromatic rings. The lowest BCUT2D eigenvalue weighted by Gasteiger charge is -2.25. The van der Waals surface area contributed by atoms with E-state index in [1.807, 2.05) is 13.8 Å². The molecule has 44 heavy (non-hydrogen) atoms. The van der Waals surface area contributed by atoms with Gasteiger partial charge < -0.3 is 26.0 Å². The third-order valence-electron chi connectivity index (χ3n) is 7.96. The molecular formula is C34H48F2N4O4. The van der Waals surface area contributed by atoms with Gasteiger partial charge in [-0.05, 0) is 112 Å². The van der Waals surface area contributed by atoms with Crippen molar-refractivity contribution in [1.82, 2.24) is 20.9 Å². The van der Waals surface area contributed by atoms with E-state index in [1.54, 1.807) is 24.0 Å². The molecule has 1 heterocycles. The van der Waals surface area contributed by atoms with Crippen molar-refractivity contribution in [2.75, 3.05) is 32.7 Å². The van der Waals surface area contributed by atoms with E-state index < -0.39 is 29.7 Å². The Hall–Kier alpha value is -3.37. The number of halogens is 2. The summed E-state index contributed by atoms with van der Waals surface area (Å²) in [6, 6.07) is 7.11. The number of piperidine rings is 1. The molecule has 1 unspecified atom stereocenters. The molecule has 1 fully saturated rings. The Kier molecular flexibility index (Phi) is 14.2. The molecule has 1 aliphatic rings. The third-order valence-corrected chi connectivity index (χ3v) is 7.96. The van der Waals surface area contributed by atoms with Gasteiger partial charge in [0.1, 0.15) is 11.6 Å². The van der Waals surface area contributed by atoms with Gasteiger partial charge in [-0.3, -0.25) is 14.4 Å². The summed E-state index contributed by atoms with van der Waals surface area (Å²) in [6.07, 6.45) is 3.98. The molecule has 0 saturated carbocycles. The SMILES string of the molecule is CCCN(CCC)C(=O)c1cc(C)cc(C(=O)N[C@@H](Cc2cc(F)cc(F)c2)[C@@H](O)CCNC(=O)CCC2CCCNC2)c1. The Bertz CT molecular complexity index is 1230. The highest BCUT2D eigenvalue weighted by molar-refractivity contribution is 6.00. The van der Waals surface area contributed by atoms with Crippen LogP contribution in [0.2, 0.25) is 0 Å². The predicted octanol–water partition coefficient (Wildman–Crippen LogP) is 4.52. The van der Waals surface area contributed by atoms with Crippen LogP contribution >= 0.6 is 0 Å². The van der Waals surface area contributed by atoms with Gasteiger partial charge in [-0.25, -0.2) is 8.78 Å². The summed E-state index contributed by atoms with van der Waals surface area (Å²) in [4.78, 5) is 40.9. The number of rotatable bonds is 16. The highest BCUT2D eigenvalue weighted by Gasteiger charge is 2.25. The monoisotopic (exact) mass is 614 g/mol. The molecule has 3 rings (SSSR count). The number of carbonyl (C=O) groups excluding carboxylic acids is 3. The molecule has 3 amide bonds. The molecule has 0 spiro atoms. The minimum atomic E-state index is -1.12. The number of nitrogens with zero attached hydrogens (tertiary/aromatic N) is 1. The molecule has 0 bridgehead atoms. The number of carbonyl (C=O) groups is 3. The molecule has 4 N–H and O–H groups in total. The van der Waals surface area contributed by atoms with E-state index in [2.05, 4.69) is 16.0 Å². The van der Waals surface area contributed by atoms with Gasteiger partial charge in [0.2, 0.25) is 5.91 Å². The molecule has 1 saturated heterocycles. The second-order valence-corrected chi connectivity index (χ2v) is 11.9. The van der Waals surface area contributed by atoms with Crippen LogP contribution < -0.4 is 16.0 Å². The first-order valence-electron chi connectivity index (χ1n) is 15.9. The Labute approximate surface area is 260 Å². The number of aliphatic hydroxyl groups is 1. The fourth-order valence-electron chi connectivity index (χ4n) is 5.75. The third kappa shape index (κ3) is 11.3. The van der Waals surface area contributed by atoms with Crippen molar-refractivity contribution in [1.29, 1.82) is 0 Å². The summed E-state index contributed by atoms with van der Waals surface area (Å²) in [5, 5.41) is 20.1. The van der Waals surface area contributed by atoms with Crippen molar-refractivity contribution in [3.05, 3.63) is 70.3 Å². The Morgan fingerprint density at radius 3 is 2.34 bits per heavy atom. The summed E-state index contributed by atoms with van der Waals surface area (Å²) in [5.41, 5.74) is 1.64. The molecule has 8 nitrogen and oxygen atoms in total. The normalized spacial score (nSPS) is 16.2. The number of aryl methyl sites for hydroxylation is 1. The summed E-state index contributed by atoms with van der Waals surface area (Å²) in [7, 11) is 0. The van der Waals surface area contributed by atoms with Gasteiger partial charge in [0.05, 0.1) is 12.1 Å². The number of hydrogen-bond acceptors (Lipinski definition) is 5. The van der Waals surface area contributed by atoms with Crippen LogP contribution in [0.1, 0.15) is 90.6 Å². The highest BCUT2D eigenvalue weighted by Crippen LogP contribution is 2.18. The van der Waals surface area contributed by atoms with Crippen molar-refractivity contribution in [2.45, 2.75) is 84.3 Å². The summed E-state index contributed by atoms with van der Waals surface area (Å²) < 4.78 is 27.9. The first-order chi connectivity index (χ1) is 21.1. The number of aliphatic hydroxyl groups excluding tert-OH is 1. The van der Waals surface area contributed by atoms with Crippen molar-refractivity contribution >= 4 is 17.7 Å². The fourth-order valence-corrected chi connectivity index (χ4v) is 5.75. The lowest BCUT2D eigenvalue weighted by molar-refractivity contribution is -0.121. The molecular weight excluding hydrogens is 566 g/mol. The van der Waals surface area contributed by atoms with E-state index in [9.17, 15) is 28.3 Å². The Morgan fingerprint density at radius 2 is 1.70 bits per heavy atom. The lowest BCUT2D eigenvalue weighted by atomic mass is 9.94. The van der Waals surface area contributed by atoms with Gasteiger partial charge in [-0.15, -0.1) is 0 Å². The van der Waals surface area contributed by atoms with E-state index in [4.69, 9.17) is 0 Å². The van der Waals surface area contributed by atoms with Gasteiger partial charge in [0.15, 0.2) is 0 Å². The molecule has 242 valence electrons. The van der Waals surface area contributed by atoms with Gasteiger partial charge in [0.25, 0.3) is 11.8 Å². The van der Waals surface area contributed by atoms with Gasteiger partial charge >= 0.3 is 0 Å². The molecule has 2 aromatic carbocycles. The first kappa shape index (κ1) is 35.1. The maximum absolute atomic E-state index is 14.0. The molecule has 0 radical (unpaired) electrons. The summed E-state index contributed by atoms with van der Waals surface area (Å²) >= 11 is 0. The van der Waals surface area contributed by atoms with Crippen molar-refractivity contribution in [2.24, 2.45) is 5.92 Å². The number of hydrogen-bond donors (Lipinski definition) is 4. The van der Waals surface area contributed by atoms with Crippen LogP contribution in [0.5, 0.6) is 0 Å². The average Bonchev–Trinajstić information content (AvgIpc) is 2.99. The Morgan fingerprint density at radius 1 is 1.02 bits per heavy atom. The van der Waals surface area contributed by atoms with E-state index in [0.29, 0.717) is 31.0 Å². The van der Waals surface area contributed by atoms with E-state index in [0.717, 1.165) is 69.0 Å². The number of benzene rings is 2. The molecule has 10 heteroatoms. The lowest BCUT2D eigenvalue weighted by Crippen LogP contribution is -2.46. The zero-order chi connectivity index (χ0) is 32.1. The van der Waals surface area contributed by atoms with Crippen molar-refractivity contribution in [3.8, 4) is 0 Å². The second kappa shape index (κ2) is 17.8.